The zero-order chi connectivity index (χ0) is 24.6. The molecule has 0 spiro atoms. The average molecular weight is 472 g/mol. The third kappa shape index (κ3) is 4.82. The number of fused-ring (bicyclic) bond motifs is 1. The summed E-state index contributed by atoms with van der Waals surface area (Å²) in [6.45, 7) is 7.25. The van der Waals surface area contributed by atoms with Crippen molar-refractivity contribution in [2.45, 2.75) is 51.9 Å². The summed E-state index contributed by atoms with van der Waals surface area (Å²) < 4.78 is 40.2. The van der Waals surface area contributed by atoms with Crippen molar-refractivity contribution < 1.29 is 13.2 Å². The Morgan fingerprint density at radius 1 is 1.03 bits per heavy atom. The van der Waals surface area contributed by atoms with Gasteiger partial charge in [0.25, 0.3) is 0 Å². The third-order valence-corrected chi connectivity index (χ3v) is 7.01. The molecule has 1 aliphatic heterocycles. The van der Waals surface area contributed by atoms with Crippen LogP contribution in [0.4, 0.5) is 24.7 Å². The van der Waals surface area contributed by atoms with E-state index in [-0.39, 0.29) is 11.6 Å². The third-order valence-electron chi connectivity index (χ3n) is 7.01. The van der Waals surface area contributed by atoms with E-state index in [0.717, 1.165) is 54.2 Å². The van der Waals surface area contributed by atoms with Crippen molar-refractivity contribution in [1.29, 1.82) is 0 Å². The highest BCUT2D eigenvalue weighted by molar-refractivity contribution is 5.95. The molecule has 4 rings (SSSR count). The number of benzene rings is 2. The molecule has 0 radical (unpaired) electrons. The maximum absolute atomic E-state index is 13.4. The van der Waals surface area contributed by atoms with Gasteiger partial charge in [-0.1, -0.05) is 18.2 Å². The first kappa shape index (κ1) is 24.3. The predicted octanol–water partition coefficient (Wildman–Crippen LogP) is 5.97. The molecule has 1 unspecified atom stereocenters. The molecule has 1 aliphatic rings. The molecular weight excluding hydrogens is 439 g/mol. The molecule has 0 bridgehead atoms. The monoisotopic (exact) mass is 471 g/mol. The zero-order valence-corrected chi connectivity index (χ0v) is 20.4. The van der Waals surface area contributed by atoms with E-state index >= 15 is 0 Å². The van der Waals surface area contributed by atoms with Crippen LogP contribution in [-0.2, 0) is 6.18 Å². The van der Waals surface area contributed by atoms with Crippen LogP contribution in [0.5, 0.6) is 0 Å². The van der Waals surface area contributed by atoms with Gasteiger partial charge in [-0.2, -0.15) is 18.3 Å². The van der Waals surface area contributed by atoms with Crippen molar-refractivity contribution >= 4 is 22.3 Å². The van der Waals surface area contributed by atoms with Gasteiger partial charge < -0.3 is 15.1 Å². The topological polar surface area (TPSA) is 44.3 Å². The molecule has 2 aromatic carbocycles. The number of hydrogen-bond donors (Lipinski definition) is 1. The molecular formula is C26H32F3N5. The van der Waals surface area contributed by atoms with E-state index in [1.54, 1.807) is 6.07 Å². The smallest absolute Gasteiger partial charge is 0.371 e. The van der Waals surface area contributed by atoms with Gasteiger partial charge in [-0.05, 0) is 77.0 Å². The maximum Gasteiger partial charge on any atom is 0.416 e. The van der Waals surface area contributed by atoms with E-state index in [1.165, 1.54) is 13.0 Å². The van der Waals surface area contributed by atoms with Crippen LogP contribution in [0.3, 0.4) is 0 Å². The summed E-state index contributed by atoms with van der Waals surface area (Å²) in [5.74, 6) is 0.579. The van der Waals surface area contributed by atoms with Crippen LogP contribution in [0.1, 0.15) is 48.2 Å². The van der Waals surface area contributed by atoms with E-state index < -0.39 is 11.7 Å². The molecule has 1 fully saturated rings. The number of nitrogens with one attached hydrogen (secondary N) is 1. The molecule has 8 heteroatoms. The Bertz CT molecular complexity index is 1170. The van der Waals surface area contributed by atoms with Crippen LogP contribution in [0.25, 0.3) is 10.8 Å². The summed E-state index contributed by atoms with van der Waals surface area (Å²) in [4.78, 5) is 4.68. The summed E-state index contributed by atoms with van der Waals surface area (Å²) in [6, 6.07) is 10.8. The second kappa shape index (κ2) is 9.41. The standard InChI is InChI=1S/C26H32F3N5/c1-16-21(7-6-8-24(16)26(27,28)29)17(2)30-25-23-15-20(9-10-22(23)18(3)31-32-25)34-13-11-19(12-14-34)33(4)5/h6-10,15,17,19H,11-14H2,1-5H3,(H,30,32). The van der Waals surface area contributed by atoms with E-state index in [9.17, 15) is 13.2 Å². The van der Waals surface area contributed by atoms with E-state index in [4.69, 9.17) is 0 Å². The number of aromatic nitrogens is 2. The van der Waals surface area contributed by atoms with Crippen LogP contribution in [0.15, 0.2) is 36.4 Å². The molecule has 5 nitrogen and oxygen atoms in total. The Morgan fingerprint density at radius 3 is 2.38 bits per heavy atom. The van der Waals surface area contributed by atoms with Crippen LogP contribution in [0, 0.1) is 13.8 Å². The van der Waals surface area contributed by atoms with Crippen LogP contribution >= 0.6 is 0 Å². The van der Waals surface area contributed by atoms with Gasteiger partial charge >= 0.3 is 6.18 Å². The highest BCUT2D eigenvalue weighted by Gasteiger charge is 2.33. The number of halogens is 3. The molecule has 34 heavy (non-hydrogen) atoms. The van der Waals surface area contributed by atoms with Crippen LogP contribution in [-0.4, -0.2) is 48.3 Å². The molecule has 0 aliphatic carbocycles. The van der Waals surface area contributed by atoms with Gasteiger partial charge in [0.15, 0.2) is 5.82 Å². The first-order valence-electron chi connectivity index (χ1n) is 11.7. The van der Waals surface area contributed by atoms with Gasteiger partial charge in [0.1, 0.15) is 0 Å². The maximum atomic E-state index is 13.4. The van der Waals surface area contributed by atoms with Gasteiger partial charge in [0, 0.05) is 35.6 Å². The lowest BCUT2D eigenvalue weighted by Gasteiger charge is -2.36. The highest BCUT2D eigenvalue weighted by Crippen LogP contribution is 2.36. The number of aryl methyl sites for hydroxylation is 1. The minimum atomic E-state index is -4.38. The largest absolute Gasteiger partial charge is 0.416 e. The Balaban J connectivity index is 1.65. The lowest BCUT2D eigenvalue weighted by molar-refractivity contribution is -0.138. The number of hydrogen-bond acceptors (Lipinski definition) is 5. The molecule has 3 aromatic rings. The molecule has 1 atom stereocenters. The SMILES string of the molecule is Cc1c(C(C)Nc2nnc(C)c3ccc(N4CCC(N(C)C)CC4)cc23)cccc1C(F)(F)F. The van der Waals surface area contributed by atoms with Gasteiger partial charge in [-0.3, -0.25) is 0 Å². The molecule has 0 saturated carbocycles. The van der Waals surface area contributed by atoms with Crippen LogP contribution in [0.2, 0.25) is 0 Å². The fourth-order valence-electron chi connectivity index (χ4n) is 4.93. The molecule has 2 heterocycles. The van der Waals surface area contributed by atoms with Crippen molar-refractivity contribution in [3.8, 4) is 0 Å². The van der Waals surface area contributed by atoms with Gasteiger partial charge in [-0.15, -0.1) is 5.10 Å². The second-order valence-corrected chi connectivity index (χ2v) is 9.43. The Kier molecular flexibility index (Phi) is 6.71. The van der Waals surface area contributed by atoms with Crippen LogP contribution < -0.4 is 10.2 Å². The fraction of sp³-hybridized carbons (Fsp3) is 0.462. The Morgan fingerprint density at radius 2 is 1.74 bits per heavy atom. The normalized spacial score (nSPS) is 16.3. The van der Waals surface area contributed by atoms with E-state index in [2.05, 4.69) is 57.6 Å². The molecule has 182 valence electrons. The van der Waals surface area contributed by atoms with Crippen molar-refractivity contribution in [2.75, 3.05) is 37.4 Å². The van der Waals surface area contributed by atoms with Crippen molar-refractivity contribution in [2.24, 2.45) is 0 Å². The minimum Gasteiger partial charge on any atom is -0.371 e. The van der Waals surface area contributed by atoms with Gasteiger partial charge in [0.2, 0.25) is 0 Å². The summed E-state index contributed by atoms with van der Waals surface area (Å²) in [5.41, 5.74) is 2.15. The Labute approximate surface area is 199 Å². The number of nitrogens with zero attached hydrogens (tertiary/aromatic N) is 4. The highest BCUT2D eigenvalue weighted by atomic mass is 19.4. The van der Waals surface area contributed by atoms with Gasteiger partial charge in [-0.25, -0.2) is 0 Å². The predicted molar refractivity (Wildman–Crippen MR) is 131 cm³/mol. The van der Waals surface area contributed by atoms with Crippen molar-refractivity contribution in [3.63, 3.8) is 0 Å². The summed E-state index contributed by atoms with van der Waals surface area (Å²) >= 11 is 0. The molecule has 1 aromatic heterocycles. The molecule has 0 amide bonds. The van der Waals surface area contributed by atoms with Gasteiger partial charge in [0.05, 0.1) is 17.3 Å². The number of anilines is 2. The first-order valence-corrected chi connectivity index (χ1v) is 11.7. The number of rotatable bonds is 5. The fourth-order valence-corrected chi connectivity index (χ4v) is 4.93. The lowest BCUT2D eigenvalue weighted by atomic mass is 9.97. The summed E-state index contributed by atoms with van der Waals surface area (Å²) in [7, 11) is 4.26. The number of alkyl halides is 3. The molecule has 1 N–H and O–H groups in total. The Hall–Kier alpha value is -2.87. The average Bonchev–Trinajstić information content (AvgIpc) is 2.80. The lowest BCUT2D eigenvalue weighted by Crippen LogP contribution is -2.41. The molecule has 1 saturated heterocycles. The summed E-state index contributed by atoms with van der Waals surface area (Å²) in [6.07, 6.45) is -2.17. The minimum absolute atomic E-state index is 0.226. The first-order chi connectivity index (χ1) is 16.1. The zero-order valence-electron chi connectivity index (χ0n) is 20.4. The second-order valence-electron chi connectivity index (χ2n) is 9.43. The number of piperidine rings is 1. The van der Waals surface area contributed by atoms with Crippen molar-refractivity contribution in [3.05, 3.63) is 58.8 Å². The quantitative estimate of drug-likeness (QED) is 0.497. The van der Waals surface area contributed by atoms with E-state index in [0.29, 0.717) is 17.4 Å². The van der Waals surface area contributed by atoms with Crippen molar-refractivity contribution in [1.82, 2.24) is 15.1 Å². The summed E-state index contributed by atoms with van der Waals surface area (Å²) in [5, 5.41) is 13.9. The van der Waals surface area contributed by atoms with E-state index in [1.807, 2.05) is 13.8 Å².